The van der Waals surface area contributed by atoms with Gasteiger partial charge >= 0.3 is 0 Å². The molecule has 1 fully saturated rings. The summed E-state index contributed by atoms with van der Waals surface area (Å²) < 4.78 is 2.18. The largest absolute Gasteiger partial charge is 0.369 e. The number of benzene rings is 2. The molecule has 0 amide bonds. The van der Waals surface area contributed by atoms with Gasteiger partial charge in [-0.1, -0.05) is 48.0 Å². The van der Waals surface area contributed by atoms with Gasteiger partial charge in [0.05, 0.1) is 6.54 Å². The molecule has 162 valence electrons. The highest BCUT2D eigenvalue weighted by Crippen LogP contribution is 2.20. The van der Waals surface area contributed by atoms with Crippen molar-refractivity contribution in [2.24, 2.45) is 4.99 Å². The summed E-state index contributed by atoms with van der Waals surface area (Å²) in [6.07, 6.45) is 6.20. The smallest absolute Gasteiger partial charge is 0.191 e. The second-order valence-corrected chi connectivity index (χ2v) is 8.15. The molecule has 2 heterocycles. The molecule has 0 spiro atoms. The monoisotopic (exact) mass is 416 g/mol. The van der Waals surface area contributed by atoms with E-state index in [1.54, 1.807) is 0 Å². The third-order valence-electron chi connectivity index (χ3n) is 5.80. The SMILES string of the molecule is CN=C(NCc1nccn1Cc1ccccc1)NC1CCCN(c2ccc(C)cc2)C1. The Hall–Kier alpha value is -3.28. The summed E-state index contributed by atoms with van der Waals surface area (Å²) in [6.45, 7) is 5.66. The van der Waals surface area contributed by atoms with Crippen LogP contribution in [0.3, 0.4) is 0 Å². The molecule has 1 aliphatic heterocycles. The van der Waals surface area contributed by atoms with Crippen LogP contribution in [0.1, 0.15) is 29.8 Å². The zero-order valence-electron chi connectivity index (χ0n) is 18.5. The molecule has 0 saturated carbocycles. The molecular weight excluding hydrogens is 384 g/mol. The highest BCUT2D eigenvalue weighted by Gasteiger charge is 2.21. The van der Waals surface area contributed by atoms with E-state index >= 15 is 0 Å². The van der Waals surface area contributed by atoms with Gasteiger partial charge in [-0.05, 0) is 37.5 Å². The Morgan fingerprint density at radius 2 is 1.94 bits per heavy atom. The summed E-state index contributed by atoms with van der Waals surface area (Å²) in [5.41, 5.74) is 3.86. The van der Waals surface area contributed by atoms with Gasteiger partial charge in [-0.2, -0.15) is 0 Å². The van der Waals surface area contributed by atoms with Gasteiger partial charge in [0.2, 0.25) is 0 Å². The molecule has 31 heavy (non-hydrogen) atoms. The molecule has 3 aromatic rings. The van der Waals surface area contributed by atoms with Crippen molar-refractivity contribution in [1.82, 2.24) is 20.2 Å². The fraction of sp³-hybridized carbons (Fsp3) is 0.360. The van der Waals surface area contributed by atoms with Crippen LogP contribution in [0.2, 0.25) is 0 Å². The number of aromatic nitrogens is 2. The third-order valence-corrected chi connectivity index (χ3v) is 5.80. The summed E-state index contributed by atoms with van der Waals surface area (Å²) in [5, 5.41) is 7.05. The minimum Gasteiger partial charge on any atom is -0.369 e. The Morgan fingerprint density at radius 3 is 2.71 bits per heavy atom. The van der Waals surface area contributed by atoms with Gasteiger partial charge < -0.3 is 20.1 Å². The molecule has 0 aliphatic carbocycles. The van der Waals surface area contributed by atoms with Crippen molar-refractivity contribution >= 4 is 11.6 Å². The van der Waals surface area contributed by atoms with Crippen molar-refractivity contribution in [1.29, 1.82) is 0 Å². The van der Waals surface area contributed by atoms with Crippen molar-refractivity contribution in [2.45, 2.75) is 38.9 Å². The van der Waals surface area contributed by atoms with Crippen LogP contribution in [-0.2, 0) is 13.1 Å². The van der Waals surface area contributed by atoms with E-state index in [0.717, 1.165) is 37.8 Å². The van der Waals surface area contributed by atoms with Crippen molar-refractivity contribution in [3.8, 4) is 0 Å². The molecule has 1 aliphatic rings. The first-order chi connectivity index (χ1) is 15.2. The standard InChI is InChI=1S/C25H32N6/c1-20-10-12-23(13-11-20)30-15-6-9-22(19-30)29-25(26-2)28-17-24-27-14-16-31(24)18-21-7-4-3-5-8-21/h3-5,7-8,10-14,16,22H,6,9,15,17-19H2,1-2H3,(H2,26,28,29). The Balaban J connectivity index is 1.32. The number of nitrogens with one attached hydrogen (secondary N) is 2. The van der Waals surface area contributed by atoms with Crippen LogP contribution in [0.4, 0.5) is 5.69 Å². The van der Waals surface area contributed by atoms with E-state index in [1.807, 2.05) is 25.5 Å². The van der Waals surface area contributed by atoms with Gasteiger partial charge in [-0.25, -0.2) is 4.98 Å². The number of hydrogen-bond acceptors (Lipinski definition) is 3. The van der Waals surface area contributed by atoms with E-state index in [9.17, 15) is 0 Å². The predicted octanol–water partition coefficient (Wildman–Crippen LogP) is 3.57. The number of guanidine groups is 1. The highest BCUT2D eigenvalue weighted by atomic mass is 15.2. The van der Waals surface area contributed by atoms with Gasteiger partial charge in [-0.15, -0.1) is 0 Å². The second kappa shape index (κ2) is 10.2. The lowest BCUT2D eigenvalue weighted by Crippen LogP contribution is -2.51. The lowest BCUT2D eigenvalue weighted by molar-refractivity contribution is 0.467. The topological polar surface area (TPSA) is 57.5 Å². The first kappa shape index (κ1) is 21.0. The predicted molar refractivity (Wildman–Crippen MR) is 128 cm³/mol. The lowest BCUT2D eigenvalue weighted by Gasteiger charge is -2.35. The Labute approximate surface area is 185 Å². The Kier molecular flexibility index (Phi) is 6.87. The first-order valence-corrected chi connectivity index (χ1v) is 11.0. The number of nitrogens with zero attached hydrogens (tertiary/aromatic N) is 4. The number of aliphatic imine (C=N–C) groups is 1. The van der Waals surface area contributed by atoms with E-state index < -0.39 is 0 Å². The molecular formula is C25H32N6. The molecule has 4 rings (SSSR count). The third kappa shape index (κ3) is 5.66. The first-order valence-electron chi connectivity index (χ1n) is 11.0. The zero-order valence-corrected chi connectivity index (χ0v) is 18.5. The summed E-state index contributed by atoms with van der Waals surface area (Å²) in [4.78, 5) is 11.4. The maximum Gasteiger partial charge on any atom is 0.191 e. The van der Waals surface area contributed by atoms with Crippen LogP contribution in [0.15, 0.2) is 72.0 Å². The van der Waals surface area contributed by atoms with E-state index in [2.05, 4.69) is 85.5 Å². The van der Waals surface area contributed by atoms with Gasteiger partial charge in [0.25, 0.3) is 0 Å². The molecule has 1 saturated heterocycles. The van der Waals surface area contributed by atoms with E-state index in [1.165, 1.54) is 23.2 Å². The normalized spacial score (nSPS) is 16.9. The molecule has 1 aromatic heterocycles. The quantitative estimate of drug-likeness (QED) is 0.476. The molecule has 2 aromatic carbocycles. The molecule has 2 N–H and O–H groups in total. The van der Waals surface area contributed by atoms with Gasteiger partial charge in [-0.3, -0.25) is 4.99 Å². The number of aryl methyl sites for hydroxylation is 1. The Bertz CT molecular complexity index is 977. The molecule has 1 atom stereocenters. The van der Waals surface area contributed by atoms with Crippen LogP contribution in [0.25, 0.3) is 0 Å². The van der Waals surface area contributed by atoms with Crippen molar-refractivity contribution in [2.75, 3.05) is 25.0 Å². The maximum absolute atomic E-state index is 4.53. The second-order valence-electron chi connectivity index (χ2n) is 8.15. The van der Waals surface area contributed by atoms with Gasteiger partial charge in [0, 0.05) is 50.8 Å². The van der Waals surface area contributed by atoms with Crippen LogP contribution in [0.5, 0.6) is 0 Å². The summed E-state index contributed by atoms with van der Waals surface area (Å²) in [6, 6.07) is 19.6. The van der Waals surface area contributed by atoms with Crippen molar-refractivity contribution in [3.05, 3.63) is 83.9 Å². The number of rotatable bonds is 6. The van der Waals surface area contributed by atoms with E-state index in [0.29, 0.717) is 12.6 Å². The minimum atomic E-state index is 0.366. The molecule has 1 unspecified atom stereocenters. The van der Waals surface area contributed by atoms with E-state index in [4.69, 9.17) is 0 Å². The average Bonchev–Trinajstić information content (AvgIpc) is 3.25. The number of imidazole rings is 1. The van der Waals surface area contributed by atoms with Crippen LogP contribution >= 0.6 is 0 Å². The number of piperidine rings is 1. The fourth-order valence-corrected chi connectivity index (χ4v) is 4.07. The van der Waals surface area contributed by atoms with Gasteiger partial charge in [0.1, 0.15) is 5.82 Å². The molecule has 6 nitrogen and oxygen atoms in total. The minimum absolute atomic E-state index is 0.366. The van der Waals surface area contributed by atoms with Crippen LogP contribution < -0.4 is 15.5 Å². The van der Waals surface area contributed by atoms with Crippen LogP contribution in [-0.4, -0.2) is 41.7 Å². The highest BCUT2D eigenvalue weighted by molar-refractivity contribution is 5.80. The number of anilines is 1. The summed E-state index contributed by atoms with van der Waals surface area (Å²) >= 11 is 0. The molecule has 0 radical (unpaired) electrons. The van der Waals surface area contributed by atoms with Crippen molar-refractivity contribution < 1.29 is 0 Å². The average molecular weight is 417 g/mol. The summed E-state index contributed by atoms with van der Waals surface area (Å²) in [7, 11) is 1.83. The van der Waals surface area contributed by atoms with E-state index in [-0.39, 0.29) is 0 Å². The fourth-order valence-electron chi connectivity index (χ4n) is 4.07. The van der Waals surface area contributed by atoms with Crippen LogP contribution in [0, 0.1) is 6.92 Å². The number of hydrogen-bond donors (Lipinski definition) is 2. The van der Waals surface area contributed by atoms with Gasteiger partial charge in [0.15, 0.2) is 5.96 Å². The Morgan fingerprint density at radius 1 is 1.13 bits per heavy atom. The summed E-state index contributed by atoms with van der Waals surface area (Å²) in [5.74, 6) is 1.82. The maximum atomic E-state index is 4.53. The van der Waals surface area contributed by atoms with Crippen molar-refractivity contribution in [3.63, 3.8) is 0 Å². The zero-order chi connectivity index (χ0) is 21.5. The molecule has 6 heteroatoms. The lowest BCUT2D eigenvalue weighted by atomic mass is 10.0. The molecule has 0 bridgehead atoms.